The average molecular weight is 334 g/mol. The minimum Gasteiger partial charge on any atom is -0.321 e. The Labute approximate surface area is 137 Å². The summed E-state index contributed by atoms with van der Waals surface area (Å²) in [5, 5.41) is 3.74. The molecule has 0 bridgehead atoms. The van der Waals surface area contributed by atoms with Crippen LogP contribution in [0, 0.1) is 13.8 Å². The number of amides is 1. The van der Waals surface area contributed by atoms with E-state index in [1.165, 1.54) is 0 Å². The predicted molar refractivity (Wildman–Crippen MR) is 89.1 cm³/mol. The Hall–Kier alpha value is -2.04. The van der Waals surface area contributed by atoms with Crippen molar-refractivity contribution in [2.24, 2.45) is 0 Å². The summed E-state index contributed by atoms with van der Waals surface area (Å²) in [4.78, 5) is 17.0. The molecule has 0 spiro atoms. The van der Waals surface area contributed by atoms with E-state index in [2.05, 4.69) is 10.3 Å². The van der Waals surface area contributed by atoms with E-state index in [4.69, 9.17) is 23.2 Å². The maximum atomic E-state index is 12.6. The van der Waals surface area contributed by atoms with Gasteiger partial charge in [-0.1, -0.05) is 23.2 Å². The fourth-order valence-electron chi connectivity index (χ4n) is 2.35. The minimum absolute atomic E-state index is 0.257. The van der Waals surface area contributed by atoms with Gasteiger partial charge in [0.15, 0.2) is 0 Å². The quantitative estimate of drug-likeness (QED) is 0.749. The molecular weight excluding hydrogens is 321 g/mol. The van der Waals surface area contributed by atoms with Gasteiger partial charge in [-0.3, -0.25) is 9.20 Å². The number of aryl methyl sites for hydroxylation is 2. The van der Waals surface area contributed by atoms with Crippen molar-refractivity contribution >= 4 is 40.4 Å². The molecule has 0 radical (unpaired) electrons. The maximum absolute atomic E-state index is 12.6. The fraction of sp³-hybridized carbons (Fsp3) is 0.125. The average Bonchev–Trinajstić information content (AvgIpc) is 2.72. The van der Waals surface area contributed by atoms with Crippen molar-refractivity contribution in [2.45, 2.75) is 13.8 Å². The largest absolute Gasteiger partial charge is 0.321 e. The first-order valence-corrected chi connectivity index (χ1v) is 7.42. The van der Waals surface area contributed by atoms with Crippen molar-refractivity contribution in [2.75, 3.05) is 5.32 Å². The highest BCUT2D eigenvalue weighted by atomic mass is 35.5. The number of anilines is 1. The summed E-state index contributed by atoms with van der Waals surface area (Å²) >= 11 is 11.9. The Kier molecular flexibility index (Phi) is 3.81. The zero-order valence-electron chi connectivity index (χ0n) is 12.0. The Balaban J connectivity index is 2.00. The van der Waals surface area contributed by atoms with Gasteiger partial charge >= 0.3 is 0 Å². The molecule has 3 rings (SSSR count). The summed E-state index contributed by atoms with van der Waals surface area (Å²) in [6.45, 7) is 3.79. The molecule has 0 unspecified atom stereocenters. The molecule has 2 aromatic heterocycles. The standard InChI is InChI=1S/C16H13Cl2N3O/c1-9-3-4-21-14(5-9)19-10(2)15(21)16(22)20-13-7-11(17)6-12(18)8-13/h3-8H,1-2H3,(H,20,22). The minimum atomic E-state index is -0.257. The first-order chi connectivity index (χ1) is 10.4. The number of carbonyl (C=O) groups excluding carboxylic acids is 1. The zero-order valence-corrected chi connectivity index (χ0v) is 13.5. The Morgan fingerprint density at radius 1 is 1.14 bits per heavy atom. The predicted octanol–water partition coefficient (Wildman–Crippen LogP) is 4.51. The van der Waals surface area contributed by atoms with Gasteiger partial charge in [-0.2, -0.15) is 0 Å². The number of halogens is 2. The van der Waals surface area contributed by atoms with Crippen LogP contribution in [0.15, 0.2) is 36.5 Å². The normalized spacial score (nSPS) is 10.9. The molecule has 6 heteroatoms. The number of benzene rings is 1. The third kappa shape index (κ3) is 2.80. The van der Waals surface area contributed by atoms with E-state index in [-0.39, 0.29) is 5.91 Å². The monoisotopic (exact) mass is 333 g/mol. The molecule has 4 nitrogen and oxygen atoms in total. The van der Waals surface area contributed by atoms with Crippen LogP contribution >= 0.6 is 23.2 Å². The van der Waals surface area contributed by atoms with E-state index in [0.29, 0.717) is 27.1 Å². The lowest BCUT2D eigenvalue weighted by Crippen LogP contribution is -2.15. The lowest BCUT2D eigenvalue weighted by molar-refractivity contribution is 0.102. The summed E-state index contributed by atoms with van der Waals surface area (Å²) in [5.41, 5.74) is 3.53. The van der Waals surface area contributed by atoms with Gasteiger partial charge in [0.05, 0.1) is 5.69 Å². The fourth-order valence-corrected chi connectivity index (χ4v) is 2.88. The number of pyridine rings is 1. The van der Waals surface area contributed by atoms with Crippen LogP contribution in [0.25, 0.3) is 5.65 Å². The van der Waals surface area contributed by atoms with E-state index in [1.54, 1.807) is 22.6 Å². The van der Waals surface area contributed by atoms with Gasteiger partial charge in [0.1, 0.15) is 11.3 Å². The number of imidazole rings is 1. The van der Waals surface area contributed by atoms with Gasteiger partial charge in [-0.05, 0) is 49.7 Å². The number of hydrogen-bond acceptors (Lipinski definition) is 2. The van der Waals surface area contributed by atoms with E-state index >= 15 is 0 Å². The van der Waals surface area contributed by atoms with Gasteiger partial charge in [0.25, 0.3) is 5.91 Å². The maximum Gasteiger partial charge on any atom is 0.274 e. The summed E-state index contributed by atoms with van der Waals surface area (Å²) in [5.74, 6) is -0.257. The van der Waals surface area contributed by atoms with E-state index in [9.17, 15) is 4.79 Å². The molecule has 112 valence electrons. The molecule has 1 N–H and O–H groups in total. The molecular formula is C16H13Cl2N3O. The van der Waals surface area contributed by atoms with Crippen LogP contribution in [0.4, 0.5) is 5.69 Å². The van der Waals surface area contributed by atoms with Crippen molar-refractivity contribution in [1.29, 1.82) is 0 Å². The number of nitrogens with zero attached hydrogens (tertiary/aromatic N) is 2. The van der Waals surface area contributed by atoms with Crippen molar-refractivity contribution in [3.8, 4) is 0 Å². The van der Waals surface area contributed by atoms with E-state index in [0.717, 1.165) is 11.2 Å². The molecule has 0 fully saturated rings. The van der Waals surface area contributed by atoms with Gasteiger partial charge in [-0.25, -0.2) is 4.98 Å². The van der Waals surface area contributed by atoms with Crippen LogP contribution in [-0.4, -0.2) is 15.3 Å². The van der Waals surface area contributed by atoms with Gasteiger partial charge < -0.3 is 5.32 Å². The molecule has 0 atom stereocenters. The third-order valence-corrected chi connectivity index (χ3v) is 3.73. The van der Waals surface area contributed by atoms with Crippen molar-refractivity contribution in [1.82, 2.24) is 9.38 Å². The highest BCUT2D eigenvalue weighted by Crippen LogP contribution is 2.23. The molecule has 1 aromatic carbocycles. The van der Waals surface area contributed by atoms with Crippen LogP contribution in [0.2, 0.25) is 10.0 Å². The van der Waals surface area contributed by atoms with E-state index in [1.807, 2.05) is 32.2 Å². The summed E-state index contributed by atoms with van der Waals surface area (Å²) in [6.07, 6.45) is 1.84. The highest BCUT2D eigenvalue weighted by Gasteiger charge is 2.17. The number of rotatable bonds is 2. The van der Waals surface area contributed by atoms with Crippen LogP contribution in [0.3, 0.4) is 0 Å². The summed E-state index contributed by atoms with van der Waals surface area (Å²) < 4.78 is 1.77. The van der Waals surface area contributed by atoms with Crippen molar-refractivity contribution in [3.63, 3.8) is 0 Å². The Bertz CT molecular complexity index is 866. The molecule has 1 amide bonds. The Morgan fingerprint density at radius 3 is 2.50 bits per heavy atom. The number of carbonyl (C=O) groups is 1. The smallest absolute Gasteiger partial charge is 0.274 e. The molecule has 0 aliphatic heterocycles. The van der Waals surface area contributed by atoms with E-state index < -0.39 is 0 Å². The highest BCUT2D eigenvalue weighted by molar-refractivity contribution is 6.35. The van der Waals surface area contributed by atoms with Crippen LogP contribution in [0.5, 0.6) is 0 Å². The first-order valence-electron chi connectivity index (χ1n) is 6.67. The second-order valence-corrected chi connectivity index (χ2v) is 5.96. The number of aromatic nitrogens is 2. The van der Waals surface area contributed by atoms with Gasteiger partial charge in [0, 0.05) is 21.9 Å². The number of fused-ring (bicyclic) bond motifs is 1. The number of hydrogen-bond donors (Lipinski definition) is 1. The van der Waals surface area contributed by atoms with Crippen LogP contribution in [-0.2, 0) is 0 Å². The van der Waals surface area contributed by atoms with Gasteiger partial charge in [0.2, 0.25) is 0 Å². The topological polar surface area (TPSA) is 46.4 Å². The van der Waals surface area contributed by atoms with Crippen molar-refractivity contribution in [3.05, 3.63) is 63.5 Å². The molecule has 0 saturated carbocycles. The SMILES string of the molecule is Cc1ccn2c(C(=O)Nc3cc(Cl)cc(Cl)c3)c(C)nc2c1. The first kappa shape index (κ1) is 14.9. The van der Waals surface area contributed by atoms with Crippen molar-refractivity contribution < 1.29 is 4.79 Å². The molecule has 0 aliphatic carbocycles. The lowest BCUT2D eigenvalue weighted by atomic mass is 10.2. The molecule has 22 heavy (non-hydrogen) atoms. The molecule has 0 saturated heterocycles. The summed E-state index contributed by atoms with van der Waals surface area (Å²) in [6, 6.07) is 8.77. The summed E-state index contributed by atoms with van der Waals surface area (Å²) in [7, 11) is 0. The third-order valence-electron chi connectivity index (χ3n) is 3.29. The molecule has 0 aliphatic rings. The second-order valence-electron chi connectivity index (χ2n) is 5.09. The molecule has 2 heterocycles. The van der Waals surface area contributed by atoms with Crippen LogP contribution < -0.4 is 5.32 Å². The van der Waals surface area contributed by atoms with Crippen LogP contribution in [0.1, 0.15) is 21.7 Å². The molecule has 3 aromatic rings. The van der Waals surface area contributed by atoms with Gasteiger partial charge in [-0.15, -0.1) is 0 Å². The zero-order chi connectivity index (χ0) is 15.9. The second kappa shape index (κ2) is 5.63. The number of nitrogens with one attached hydrogen (secondary N) is 1. The Morgan fingerprint density at radius 2 is 1.82 bits per heavy atom. The lowest BCUT2D eigenvalue weighted by Gasteiger charge is -2.07.